The standard InChI is InChI=1S/C47H28N6/c1-49-38-21-23-51-46(27-38)44-19-15-35(30-53-44)33-13-17-40-39-16-12-32(34-14-18-43(52-29-34)45-24-31(28-48)20-22-50-45)25-41(39)47(42(40)26-33,36-8-4-2-5-9-36)37-10-6-3-7-11-37/h2-27,29-30H. The maximum Gasteiger partial charge on any atom is 0.190 e. The van der Waals surface area contributed by atoms with E-state index in [0.717, 1.165) is 27.9 Å². The first kappa shape index (κ1) is 31.4. The second kappa shape index (κ2) is 13.0. The minimum Gasteiger partial charge on any atom is -0.257 e. The number of hydrogen-bond donors (Lipinski definition) is 0. The predicted molar refractivity (Wildman–Crippen MR) is 208 cm³/mol. The van der Waals surface area contributed by atoms with E-state index in [1.807, 2.05) is 24.5 Å². The van der Waals surface area contributed by atoms with Gasteiger partial charge in [0.25, 0.3) is 0 Å². The molecule has 1 aliphatic rings. The van der Waals surface area contributed by atoms with Gasteiger partial charge < -0.3 is 0 Å². The molecule has 8 aromatic rings. The first-order chi connectivity index (χ1) is 26.1. The second-order valence-electron chi connectivity index (χ2n) is 12.9. The highest BCUT2D eigenvalue weighted by Crippen LogP contribution is 2.57. The van der Waals surface area contributed by atoms with E-state index in [4.69, 9.17) is 16.5 Å². The van der Waals surface area contributed by atoms with Crippen molar-refractivity contribution in [2.75, 3.05) is 0 Å². The lowest BCUT2D eigenvalue weighted by atomic mass is 9.67. The van der Waals surface area contributed by atoms with Gasteiger partial charge in [0, 0.05) is 35.9 Å². The highest BCUT2D eigenvalue weighted by Gasteiger charge is 2.46. The van der Waals surface area contributed by atoms with Gasteiger partial charge in [-0.25, -0.2) is 4.85 Å². The zero-order chi connectivity index (χ0) is 35.8. The Labute approximate surface area is 307 Å². The first-order valence-corrected chi connectivity index (χ1v) is 17.2. The lowest BCUT2D eigenvalue weighted by Gasteiger charge is -2.34. The van der Waals surface area contributed by atoms with E-state index >= 15 is 0 Å². The molecule has 246 valence electrons. The van der Waals surface area contributed by atoms with Crippen LogP contribution in [0.2, 0.25) is 0 Å². The predicted octanol–water partition coefficient (Wildman–Crippen LogP) is 10.7. The fourth-order valence-electron chi connectivity index (χ4n) is 7.55. The van der Waals surface area contributed by atoms with Crippen molar-refractivity contribution in [1.82, 2.24) is 19.9 Å². The van der Waals surface area contributed by atoms with E-state index in [0.29, 0.717) is 28.3 Å². The van der Waals surface area contributed by atoms with Crippen molar-refractivity contribution >= 4 is 5.69 Å². The summed E-state index contributed by atoms with van der Waals surface area (Å²) in [5, 5.41) is 9.38. The average molecular weight is 677 g/mol. The molecule has 4 aromatic heterocycles. The SMILES string of the molecule is [C-]#[N+]c1ccnc(-c2ccc(-c3ccc4c(c3)C(c3ccccc3)(c3ccccc3)c3cc(-c5ccc(-c6cc(C#N)ccn6)nc5)ccc3-4)cn2)c1. The van der Waals surface area contributed by atoms with Gasteiger partial charge in [-0.15, -0.1) is 0 Å². The maximum atomic E-state index is 9.38. The summed E-state index contributed by atoms with van der Waals surface area (Å²) in [6.45, 7) is 7.38. The Morgan fingerprint density at radius 1 is 0.491 bits per heavy atom. The summed E-state index contributed by atoms with van der Waals surface area (Å²) in [5.74, 6) is 0. The third-order valence-electron chi connectivity index (χ3n) is 10.0. The Balaban J connectivity index is 1.19. The molecule has 0 atom stereocenters. The third kappa shape index (κ3) is 5.34. The number of rotatable bonds is 6. The Morgan fingerprint density at radius 2 is 1.00 bits per heavy atom. The molecule has 0 unspecified atom stereocenters. The van der Waals surface area contributed by atoms with Crippen molar-refractivity contribution < 1.29 is 0 Å². The molecule has 4 aromatic carbocycles. The molecule has 0 bridgehead atoms. The molecule has 0 radical (unpaired) electrons. The number of pyridine rings is 4. The Hall–Kier alpha value is -7.54. The van der Waals surface area contributed by atoms with Crippen LogP contribution in [0.1, 0.15) is 27.8 Å². The largest absolute Gasteiger partial charge is 0.257 e. The lowest BCUT2D eigenvalue weighted by Crippen LogP contribution is -2.28. The van der Waals surface area contributed by atoms with Crippen molar-refractivity contribution in [2.24, 2.45) is 0 Å². The van der Waals surface area contributed by atoms with E-state index in [1.165, 1.54) is 33.4 Å². The molecule has 9 rings (SSSR count). The summed E-state index contributed by atoms with van der Waals surface area (Å²) in [6, 6.07) is 52.1. The van der Waals surface area contributed by atoms with Gasteiger partial charge in [-0.2, -0.15) is 5.26 Å². The lowest BCUT2D eigenvalue weighted by molar-refractivity contribution is 0.769. The summed E-state index contributed by atoms with van der Waals surface area (Å²) >= 11 is 0. The highest BCUT2D eigenvalue weighted by molar-refractivity contribution is 5.90. The van der Waals surface area contributed by atoms with Crippen LogP contribution in [-0.2, 0) is 5.41 Å². The Kier molecular flexibility index (Phi) is 7.70. The smallest absolute Gasteiger partial charge is 0.190 e. The molecule has 0 saturated carbocycles. The second-order valence-corrected chi connectivity index (χ2v) is 12.9. The van der Waals surface area contributed by atoms with Gasteiger partial charge in [-0.3, -0.25) is 19.9 Å². The minimum atomic E-state index is -0.605. The molecule has 0 fully saturated rings. The molecule has 4 heterocycles. The van der Waals surface area contributed by atoms with Crippen LogP contribution in [0.4, 0.5) is 5.69 Å². The van der Waals surface area contributed by atoms with Crippen molar-refractivity contribution in [2.45, 2.75) is 5.41 Å². The van der Waals surface area contributed by atoms with Gasteiger partial charge in [0.2, 0.25) is 0 Å². The van der Waals surface area contributed by atoms with E-state index in [1.54, 1.807) is 36.7 Å². The number of fused-ring (bicyclic) bond motifs is 3. The number of aromatic nitrogens is 4. The third-order valence-corrected chi connectivity index (χ3v) is 10.0. The van der Waals surface area contributed by atoms with E-state index < -0.39 is 5.41 Å². The zero-order valence-corrected chi connectivity index (χ0v) is 28.3. The van der Waals surface area contributed by atoms with Crippen LogP contribution in [0.5, 0.6) is 0 Å². The Bertz CT molecular complexity index is 2530. The van der Waals surface area contributed by atoms with E-state index in [2.05, 4.69) is 130 Å². The summed E-state index contributed by atoms with van der Waals surface area (Å²) in [6.07, 6.45) is 7.06. The molecular formula is C47H28N6. The van der Waals surface area contributed by atoms with E-state index in [9.17, 15) is 5.26 Å². The number of nitriles is 1. The summed E-state index contributed by atoms with van der Waals surface area (Å²) in [5.41, 5.74) is 14.5. The zero-order valence-electron chi connectivity index (χ0n) is 28.3. The molecule has 6 heteroatoms. The normalized spacial score (nSPS) is 12.3. The molecule has 0 saturated heterocycles. The molecule has 0 amide bonds. The molecule has 53 heavy (non-hydrogen) atoms. The molecule has 1 aliphatic carbocycles. The minimum absolute atomic E-state index is 0.535. The molecule has 6 nitrogen and oxygen atoms in total. The van der Waals surface area contributed by atoms with Gasteiger partial charge in [0.1, 0.15) is 0 Å². The van der Waals surface area contributed by atoms with Crippen molar-refractivity contribution in [3.63, 3.8) is 0 Å². The Morgan fingerprint density at radius 3 is 1.49 bits per heavy atom. The number of benzene rings is 4. The monoisotopic (exact) mass is 676 g/mol. The van der Waals surface area contributed by atoms with Gasteiger partial charge in [-0.1, -0.05) is 97.1 Å². The van der Waals surface area contributed by atoms with Crippen LogP contribution in [0.3, 0.4) is 0 Å². The number of hydrogen-bond acceptors (Lipinski definition) is 5. The van der Waals surface area contributed by atoms with Crippen LogP contribution in [0, 0.1) is 17.9 Å². The quantitative estimate of drug-likeness (QED) is 0.164. The van der Waals surface area contributed by atoms with Gasteiger partial charge in [0.15, 0.2) is 5.69 Å². The van der Waals surface area contributed by atoms with Crippen molar-refractivity contribution in [1.29, 1.82) is 5.26 Å². The van der Waals surface area contributed by atoms with E-state index in [-0.39, 0.29) is 0 Å². The summed E-state index contributed by atoms with van der Waals surface area (Å²) in [4.78, 5) is 22.0. The van der Waals surface area contributed by atoms with Gasteiger partial charge in [0.05, 0.1) is 46.4 Å². The fraction of sp³-hybridized carbons (Fsp3) is 0.0213. The van der Waals surface area contributed by atoms with Crippen molar-refractivity contribution in [3.05, 3.63) is 210 Å². The van der Waals surface area contributed by atoms with Crippen LogP contribution in [-0.4, -0.2) is 19.9 Å². The van der Waals surface area contributed by atoms with Crippen LogP contribution >= 0.6 is 0 Å². The topological polar surface area (TPSA) is 79.7 Å². The maximum absolute atomic E-state index is 9.38. The van der Waals surface area contributed by atoms with Crippen LogP contribution in [0.15, 0.2) is 170 Å². The van der Waals surface area contributed by atoms with Crippen molar-refractivity contribution in [3.8, 4) is 62.2 Å². The first-order valence-electron chi connectivity index (χ1n) is 17.2. The highest BCUT2D eigenvalue weighted by atomic mass is 14.8. The average Bonchev–Trinajstić information content (AvgIpc) is 3.54. The summed E-state index contributed by atoms with van der Waals surface area (Å²) in [7, 11) is 0. The molecule has 0 spiro atoms. The van der Waals surface area contributed by atoms with Gasteiger partial charge >= 0.3 is 0 Å². The summed E-state index contributed by atoms with van der Waals surface area (Å²) < 4.78 is 0. The molecule has 0 aliphatic heterocycles. The van der Waals surface area contributed by atoms with Gasteiger partial charge in [-0.05, 0) is 93.0 Å². The number of nitrogens with zero attached hydrogens (tertiary/aromatic N) is 6. The molecular weight excluding hydrogens is 649 g/mol. The van der Waals surface area contributed by atoms with Crippen LogP contribution in [0.25, 0.3) is 61.0 Å². The fourth-order valence-corrected chi connectivity index (χ4v) is 7.55. The van der Waals surface area contributed by atoms with Crippen LogP contribution < -0.4 is 0 Å². The molecule has 0 N–H and O–H groups in total.